The number of carboxylic acid groups (broad SMARTS) is 2. The van der Waals surface area contributed by atoms with Crippen molar-refractivity contribution >= 4 is 29.7 Å². The number of quaternary nitrogens is 1. The molecular weight excluding hydrogens is 624 g/mol. The van der Waals surface area contributed by atoms with E-state index in [2.05, 4.69) is 50.6 Å². The molecule has 2 aromatic carbocycles. The molecule has 0 fully saturated rings. The Hall–Kier alpha value is -4.09. The zero-order chi connectivity index (χ0) is 36.0. The van der Waals surface area contributed by atoms with Crippen LogP contribution in [0.5, 0.6) is 0 Å². The molecule has 0 atom stereocenters. The zero-order valence-corrected chi connectivity index (χ0v) is 29.8. The molecule has 0 saturated carbocycles. The molecule has 3 N–H and O–H groups in total. The number of nitrogens with zero attached hydrogens (tertiary/aromatic N) is 3. The molecule has 1 heterocycles. The van der Waals surface area contributed by atoms with Gasteiger partial charge in [0, 0.05) is 45.2 Å². The highest BCUT2D eigenvalue weighted by Crippen LogP contribution is 2.26. The predicted molar refractivity (Wildman–Crippen MR) is 189 cm³/mol. The summed E-state index contributed by atoms with van der Waals surface area (Å²) in [5.41, 5.74) is 0.952. The summed E-state index contributed by atoms with van der Waals surface area (Å²) in [4.78, 5) is 63.8. The van der Waals surface area contributed by atoms with Gasteiger partial charge < -0.3 is 24.9 Å². The van der Waals surface area contributed by atoms with Crippen LogP contribution in [0, 0.1) is 0 Å². The number of unbranched alkanes of at least 4 members (excludes halogenated alkanes) is 9. The first kappa shape index (κ1) is 39.3. The minimum absolute atomic E-state index is 0.00669. The van der Waals surface area contributed by atoms with Crippen LogP contribution in [0.1, 0.15) is 131 Å². The molecule has 11 heteroatoms. The van der Waals surface area contributed by atoms with E-state index in [9.17, 15) is 34.2 Å². The zero-order valence-electron chi connectivity index (χ0n) is 29.8. The second-order valence-corrected chi connectivity index (χ2v) is 13.8. The number of rotatable bonds is 23. The van der Waals surface area contributed by atoms with Crippen molar-refractivity contribution in [3.05, 3.63) is 69.8 Å². The number of benzene rings is 2. The van der Waals surface area contributed by atoms with Crippen LogP contribution in [0.25, 0.3) is 0 Å². The number of hydrogen-bond donors (Lipinski definition) is 3. The first-order chi connectivity index (χ1) is 23.3. The van der Waals surface area contributed by atoms with Crippen molar-refractivity contribution in [1.82, 2.24) is 15.1 Å². The summed E-state index contributed by atoms with van der Waals surface area (Å²) in [6, 6.07) is 10.3. The van der Waals surface area contributed by atoms with Crippen molar-refractivity contribution in [2.24, 2.45) is 0 Å². The maximum absolute atomic E-state index is 12.8. The van der Waals surface area contributed by atoms with Gasteiger partial charge in [0.25, 0.3) is 11.8 Å². The molecule has 1 aliphatic heterocycles. The Morgan fingerprint density at radius 3 is 1.73 bits per heavy atom. The highest BCUT2D eigenvalue weighted by atomic mass is 16.4. The van der Waals surface area contributed by atoms with Crippen LogP contribution in [0.15, 0.2) is 36.4 Å². The molecule has 0 bridgehead atoms. The average Bonchev–Trinajstić information content (AvgIpc) is 3.28. The van der Waals surface area contributed by atoms with Crippen LogP contribution in [0.2, 0.25) is 0 Å². The Morgan fingerprint density at radius 2 is 1.24 bits per heavy atom. The van der Waals surface area contributed by atoms with Gasteiger partial charge in [-0.25, -0.2) is 9.59 Å². The fourth-order valence-corrected chi connectivity index (χ4v) is 6.34. The lowest BCUT2D eigenvalue weighted by atomic mass is 9.99. The quantitative estimate of drug-likeness (QED) is 0.0758. The minimum atomic E-state index is -1.50. The van der Waals surface area contributed by atoms with Gasteiger partial charge in [0.05, 0.1) is 42.9 Å². The molecule has 0 spiro atoms. The van der Waals surface area contributed by atoms with Crippen LogP contribution in [0.4, 0.5) is 0 Å². The number of aromatic carboxylic acids is 2. The van der Waals surface area contributed by atoms with Crippen molar-refractivity contribution in [2.75, 3.05) is 46.8 Å². The van der Waals surface area contributed by atoms with Gasteiger partial charge in [-0.05, 0) is 30.5 Å². The first-order valence-corrected chi connectivity index (χ1v) is 17.7. The molecule has 0 aromatic heterocycles. The number of nitrogens with one attached hydrogen (secondary N) is 1. The summed E-state index contributed by atoms with van der Waals surface area (Å²) in [5, 5.41) is 21.9. The molecule has 49 heavy (non-hydrogen) atoms. The standard InChI is InChI=1S/C38H54N4O7/c1-5-6-7-8-9-10-11-12-13-14-23-42(3,4)27-30-17-15-29(16-18-30)26-40(28(2)43)21-19-39-20-22-41-35(44)31-24-33(37(46)47)34(38(48)49)25-32(31)36(41)45/h15-18,24-25,39H,5-14,19-23,26-27H2,1-4H3,(H-,46,47,48,49)/p+1. The van der Waals surface area contributed by atoms with Crippen LogP contribution in [-0.4, -0.2) is 101 Å². The maximum atomic E-state index is 12.8. The Kier molecular flexibility index (Phi) is 15.4. The van der Waals surface area contributed by atoms with Crippen LogP contribution in [0.3, 0.4) is 0 Å². The fraction of sp³-hybridized carbons (Fsp3) is 0.553. The number of fused-ring (bicyclic) bond motifs is 1. The summed E-state index contributed by atoms with van der Waals surface area (Å²) in [7, 11) is 4.57. The van der Waals surface area contributed by atoms with Gasteiger partial charge in [-0.15, -0.1) is 0 Å². The third kappa shape index (κ3) is 12.1. The fourth-order valence-electron chi connectivity index (χ4n) is 6.34. The maximum Gasteiger partial charge on any atom is 0.336 e. The molecule has 1 aliphatic rings. The van der Waals surface area contributed by atoms with Crippen molar-refractivity contribution in [2.45, 2.75) is 91.1 Å². The summed E-state index contributed by atoms with van der Waals surface area (Å²) in [5.74, 6) is -4.40. The van der Waals surface area contributed by atoms with E-state index in [0.29, 0.717) is 19.6 Å². The summed E-state index contributed by atoms with van der Waals surface area (Å²) in [6.07, 6.45) is 13.4. The van der Waals surface area contributed by atoms with Crippen molar-refractivity contribution in [3.8, 4) is 0 Å². The molecule has 0 aliphatic carbocycles. The van der Waals surface area contributed by atoms with Crippen LogP contribution < -0.4 is 5.32 Å². The Morgan fingerprint density at radius 1 is 0.755 bits per heavy atom. The lowest BCUT2D eigenvalue weighted by Crippen LogP contribution is -2.40. The molecule has 3 amide bonds. The Balaban J connectivity index is 1.39. The van der Waals surface area contributed by atoms with Crippen LogP contribution >= 0.6 is 0 Å². The minimum Gasteiger partial charge on any atom is -0.478 e. The van der Waals surface area contributed by atoms with E-state index in [4.69, 9.17) is 0 Å². The molecule has 11 nitrogen and oxygen atoms in total. The second-order valence-electron chi connectivity index (χ2n) is 13.8. The van der Waals surface area contributed by atoms with Crippen LogP contribution in [-0.2, 0) is 17.9 Å². The van der Waals surface area contributed by atoms with E-state index >= 15 is 0 Å². The number of carbonyl (C=O) groups is 5. The number of carboxylic acids is 2. The van der Waals surface area contributed by atoms with Gasteiger partial charge in [-0.1, -0.05) is 82.6 Å². The van der Waals surface area contributed by atoms with E-state index < -0.39 is 34.9 Å². The highest BCUT2D eigenvalue weighted by molar-refractivity contribution is 6.23. The number of amides is 3. The molecule has 268 valence electrons. The molecular formula is C38H55N4O7+. The van der Waals surface area contributed by atoms with E-state index in [0.717, 1.165) is 40.2 Å². The summed E-state index contributed by atoms with van der Waals surface area (Å²) >= 11 is 0. The van der Waals surface area contributed by atoms with Gasteiger partial charge in [0.1, 0.15) is 6.54 Å². The van der Waals surface area contributed by atoms with E-state index in [1.165, 1.54) is 76.7 Å². The van der Waals surface area contributed by atoms with Gasteiger partial charge >= 0.3 is 11.9 Å². The number of hydrogen-bond acceptors (Lipinski definition) is 6. The van der Waals surface area contributed by atoms with Gasteiger partial charge in [0.2, 0.25) is 5.91 Å². The van der Waals surface area contributed by atoms with Crippen molar-refractivity contribution in [3.63, 3.8) is 0 Å². The molecule has 0 unspecified atom stereocenters. The molecule has 0 radical (unpaired) electrons. The largest absolute Gasteiger partial charge is 0.478 e. The smallest absolute Gasteiger partial charge is 0.336 e. The third-order valence-electron chi connectivity index (χ3n) is 9.21. The molecule has 3 rings (SSSR count). The van der Waals surface area contributed by atoms with E-state index in [1.807, 2.05) is 0 Å². The van der Waals surface area contributed by atoms with Gasteiger partial charge in [0.15, 0.2) is 0 Å². The van der Waals surface area contributed by atoms with E-state index in [-0.39, 0.29) is 30.1 Å². The highest BCUT2D eigenvalue weighted by Gasteiger charge is 2.37. The lowest BCUT2D eigenvalue weighted by Gasteiger charge is -2.30. The van der Waals surface area contributed by atoms with E-state index in [1.54, 1.807) is 4.90 Å². The monoisotopic (exact) mass is 679 g/mol. The Labute approximate surface area is 290 Å². The Bertz CT molecular complexity index is 1400. The summed E-state index contributed by atoms with van der Waals surface area (Å²) in [6.45, 7) is 7.45. The normalized spacial score (nSPS) is 12.8. The van der Waals surface area contributed by atoms with Crippen molar-refractivity contribution in [1.29, 1.82) is 0 Å². The first-order valence-electron chi connectivity index (χ1n) is 17.7. The van der Waals surface area contributed by atoms with Gasteiger partial charge in [-0.3, -0.25) is 19.3 Å². The molecule has 2 aromatic rings. The predicted octanol–water partition coefficient (Wildman–Crippen LogP) is 5.81. The number of imide groups is 1. The van der Waals surface area contributed by atoms with Crippen molar-refractivity contribution < 1.29 is 38.7 Å². The summed E-state index contributed by atoms with van der Waals surface area (Å²) < 4.78 is 0.940. The van der Waals surface area contributed by atoms with Gasteiger partial charge in [-0.2, -0.15) is 0 Å². The topological polar surface area (TPSA) is 144 Å². The lowest BCUT2D eigenvalue weighted by molar-refractivity contribution is -0.903. The average molecular weight is 680 g/mol. The SMILES string of the molecule is CCCCCCCCCCCC[N+](C)(C)Cc1ccc(CN(CCNCCN2C(=O)c3cc(C(=O)O)c(C(=O)O)cc3C2=O)C(C)=O)cc1. The number of carbonyl (C=O) groups excluding carboxylic acids is 3. The third-order valence-corrected chi connectivity index (χ3v) is 9.21. The second kappa shape index (κ2) is 19.2. The molecule has 0 saturated heterocycles.